The molecule has 0 N–H and O–H groups in total. The number of piperazine rings is 1. The highest BCUT2D eigenvalue weighted by molar-refractivity contribution is 5.84. The third-order valence-corrected chi connectivity index (χ3v) is 6.59. The molecule has 0 aromatic carbocycles. The third kappa shape index (κ3) is 2.97. The molecule has 2 aliphatic heterocycles. The zero-order valence-electron chi connectivity index (χ0n) is 16.5. The standard InChI is InChI=1S/C20H20F3N7O/c21-16-4-15(16)19(31)30-13-1-2-14(30)9-27(8-13)18-17-3-11(6-28(17)26-10-24-18)12-5-25-29(7-12)20(22)23/h3,5-7,10,13-16,20H,1-2,4,8-9H2/t13?,14?,15-,16-/m1/s1. The Kier molecular flexibility index (Phi) is 4.03. The number of carbonyl (C=O) groups is 1. The molecule has 5 heterocycles. The van der Waals surface area contributed by atoms with Gasteiger partial charge in [0.1, 0.15) is 18.0 Å². The summed E-state index contributed by atoms with van der Waals surface area (Å²) in [5.41, 5.74) is 2.04. The SMILES string of the molecule is O=C([C@@H]1C[C@H]1F)N1C2CCC1CN(c1ncnn3cc(-c4cnn(C(F)F)c4)cc13)C2. The van der Waals surface area contributed by atoms with Gasteiger partial charge in [0.05, 0.1) is 12.1 Å². The van der Waals surface area contributed by atoms with E-state index < -0.39 is 18.6 Å². The number of aromatic nitrogens is 5. The number of hydrogen-bond donors (Lipinski definition) is 0. The number of halogens is 3. The summed E-state index contributed by atoms with van der Waals surface area (Å²) < 4.78 is 41.5. The van der Waals surface area contributed by atoms with E-state index in [2.05, 4.69) is 20.1 Å². The maximum Gasteiger partial charge on any atom is 0.333 e. The van der Waals surface area contributed by atoms with Crippen molar-refractivity contribution in [3.8, 4) is 11.1 Å². The molecule has 31 heavy (non-hydrogen) atoms. The highest BCUT2D eigenvalue weighted by Crippen LogP contribution is 2.41. The minimum Gasteiger partial charge on any atom is -0.351 e. The maximum absolute atomic E-state index is 13.4. The second-order valence-corrected chi connectivity index (χ2v) is 8.52. The van der Waals surface area contributed by atoms with Crippen LogP contribution in [0, 0.1) is 5.92 Å². The Labute approximate surface area is 175 Å². The van der Waals surface area contributed by atoms with Crippen LogP contribution >= 0.6 is 0 Å². The van der Waals surface area contributed by atoms with Gasteiger partial charge in [0, 0.05) is 48.7 Å². The van der Waals surface area contributed by atoms with Crippen LogP contribution in [0.25, 0.3) is 16.6 Å². The number of fused-ring (bicyclic) bond motifs is 3. The summed E-state index contributed by atoms with van der Waals surface area (Å²) >= 11 is 0. The normalized spacial score (nSPS) is 27.5. The Morgan fingerprint density at radius 3 is 2.48 bits per heavy atom. The molecule has 3 aliphatic rings. The number of nitrogens with zero attached hydrogens (tertiary/aromatic N) is 7. The molecule has 0 radical (unpaired) electrons. The van der Waals surface area contributed by atoms with Crippen LogP contribution in [0.15, 0.2) is 31.0 Å². The molecule has 2 saturated heterocycles. The fourth-order valence-electron chi connectivity index (χ4n) is 4.96. The zero-order valence-corrected chi connectivity index (χ0v) is 16.5. The molecule has 2 bridgehead atoms. The van der Waals surface area contributed by atoms with Gasteiger partial charge in [0.2, 0.25) is 5.91 Å². The van der Waals surface area contributed by atoms with Gasteiger partial charge >= 0.3 is 6.55 Å². The van der Waals surface area contributed by atoms with Crippen LogP contribution < -0.4 is 4.90 Å². The van der Waals surface area contributed by atoms with Gasteiger partial charge in [0.25, 0.3) is 0 Å². The minimum atomic E-state index is -2.70. The summed E-state index contributed by atoms with van der Waals surface area (Å²) in [5, 5.41) is 7.96. The van der Waals surface area contributed by atoms with Crippen LogP contribution in [0.3, 0.4) is 0 Å². The van der Waals surface area contributed by atoms with E-state index in [1.54, 1.807) is 10.7 Å². The third-order valence-electron chi connectivity index (χ3n) is 6.59. The molecule has 6 rings (SSSR count). The second kappa shape index (κ2) is 6.69. The van der Waals surface area contributed by atoms with Crippen LogP contribution in [0.4, 0.5) is 19.0 Å². The van der Waals surface area contributed by atoms with E-state index in [-0.39, 0.29) is 18.0 Å². The highest BCUT2D eigenvalue weighted by Gasteiger charge is 2.51. The van der Waals surface area contributed by atoms with Crippen LogP contribution in [-0.4, -0.2) is 66.5 Å². The molecule has 0 spiro atoms. The molecule has 3 aromatic rings. The first kappa shape index (κ1) is 18.6. The summed E-state index contributed by atoms with van der Waals surface area (Å²) in [6.07, 6.45) is 7.08. The smallest absolute Gasteiger partial charge is 0.333 e. The van der Waals surface area contributed by atoms with E-state index in [0.717, 1.165) is 24.2 Å². The lowest BCUT2D eigenvalue weighted by Gasteiger charge is -2.41. The van der Waals surface area contributed by atoms with Gasteiger partial charge in [-0.1, -0.05) is 0 Å². The zero-order chi connectivity index (χ0) is 21.3. The first-order chi connectivity index (χ1) is 15.0. The first-order valence-electron chi connectivity index (χ1n) is 10.4. The highest BCUT2D eigenvalue weighted by atomic mass is 19.3. The minimum absolute atomic E-state index is 0.0477. The average molecular weight is 431 g/mol. The van der Waals surface area contributed by atoms with Gasteiger partial charge in [-0.2, -0.15) is 19.0 Å². The van der Waals surface area contributed by atoms with Gasteiger partial charge in [-0.15, -0.1) is 0 Å². The van der Waals surface area contributed by atoms with Gasteiger partial charge in [0.15, 0.2) is 5.82 Å². The van der Waals surface area contributed by atoms with Gasteiger partial charge in [-0.3, -0.25) is 4.79 Å². The molecule has 3 fully saturated rings. The fraction of sp³-hybridized carbons (Fsp3) is 0.500. The Balaban J connectivity index is 1.29. The van der Waals surface area contributed by atoms with Crippen molar-refractivity contribution in [2.45, 2.75) is 44.1 Å². The van der Waals surface area contributed by atoms with E-state index in [9.17, 15) is 18.0 Å². The Morgan fingerprint density at radius 1 is 1.10 bits per heavy atom. The predicted molar refractivity (Wildman–Crippen MR) is 104 cm³/mol. The second-order valence-electron chi connectivity index (χ2n) is 8.52. The largest absolute Gasteiger partial charge is 0.351 e. The van der Waals surface area contributed by atoms with E-state index >= 15 is 0 Å². The number of anilines is 1. The molecule has 8 nitrogen and oxygen atoms in total. The van der Waals surface area contributed by atoms with Crippen LogP contribution in [0.2, 0.25) is 0 Å². The van der Waals surface area contributed by atoms with Crippen molar-refractivity contribution in [3.63, 3.8) is 0 Å². The number of carbonyl (C=O) groups excluding carboxylic acids is 1. The van der Waals surface area contributed by atoms with Crippen molar-refractivity contribution < 1.29 is 18.0 Å². The van der Waals surface area contributed by atoms with Crippen molar-refractivity contribution in [3.05, 3.63) is 31.0 Å². The summed E-state index contributed by atoms with van der Waals surface area (Å²) in [6, 6.07) is 1.96. The summed E-state index contributed by atoms with van der Waals surface area (Å²) in [5.74, 6) is 0.234. The summed E-state index contributed by atoms with van der Waals surface area (Å²) in [6.45, 7) is -1.44. The molecule has 11 heteroatoms. The van der Waals surface area contributed by atoms with Gasteiger partial charge < -0.3 is 9.80 Å². The lowest BCUT2D eigenvalue weighted by atomic mass is 10.1. The fourth-order valence-corrected chi connectivity index (χ4v) is 4.96. The van der Waals surface area contributed by atoms with E-state index in [0.29, 0.717) is 35.3 Å². The predicted octanol–water partition coefficient (Wildman–Crippen LogP) is 2.53. The van der Waals surface area contributed by atoms with Crippen molar-refractivity contribution in [1.82, 2.24) is 29.3 Å². The Bertz CT molecular complexity index is 1150. The van der Waals surface area contributed by atoms with Crippen molar-refractivity contribution >= 4 is 17.2 Å². The quantitative estimate of drug-likeness (QED) is 0.635. The van der Waals surface area contributed by atoms with E-state index in [4.69, 9.17) is 0 Å². The van der Waals surface area contributed by atoms with Crippen molar-refractivity contribution in [2.75, 3.05) is 18.0 Å². The number of rotatable bonds is 4. The number of alkyl halides is 3. The Hall–Kier alpha value is -3.11. The van der Waals surface area contributed by atoms with E-state index in [1.165, 1.54) is 18.7 Å². The molecule has 1 aliphatic carbocycles. The molecule has 1 saturated carbocycles. The van der Waals surface area contributed by atoms with Crippen LogP contribution in [0.5, 0.6) is 0 Å². The monoisotopic (exact) mass is 431 g/mol. The van der Waals surface area contributed by atoms with Gasteiger partial charge in [-0.25, -0.2) is 18.6 Å². The lowest BCUT2D eigenvalue weighted by molar-refractivity contribution is -0.136. The number of amides is 1. The lowest BCUT2D eigenvalue weighted by Crippen LogP contribution is -2.56. The van der Waals surface area contributed by atoms with Crippen molar-refractivity contribution in [1.29, 1.82) is 0 Å². The maximum atomic E-state index is 13.4. The average Bonchev–Trinajstić information content (AvgIpc) is 3.12. The number of hydrogen-bond acceptors (Lipinski definition) is 5. The van der Waals surface area contributed by atoms with Crippen LogP contribution in [0.1, 0.15) is 25.8 Å². The molecule has 3 aromatic heterocycles. The van der Waals surface area contributed by atoms with Gasteiger partial charge in [-0.05, 0) is 25.3 Å². The molecule has 2 unspecified atom stereocenters. The first-order valence-corrected chi connectivity index (χ1v) is 10.4. The molecule has 162 valence electrons. The Morgan fingerprint density at radius 2 is 1.84 bits per heavy atom. The molecule has 4 atom stereocenters. The molecule has 1 amide bonds. The van der Waals surface area contributed by atoms with Crippen molar-refractivity contribution in [2.24, 2.45) is 5.92 Å². The summed E-state index contributed by atoms with van der Waals surface area (Å²) in [4.78, 5) is 21.2. The topological polar surface area (TPSA) is 71.6 Å². The summed E-state index contributed by atoms with van der Waals surface area (Å²) in [7, 11) is 0. The van der Waals surface area contributed by atoms with Crippen LogP contribution in [-0.2, 0) is 4.79 Å². The van der Waals surface area contributed by atoms with E-state index in [1.807, 2.05) is 11.0 Å². The molecular weight excluding hydrogens is 411 g/mol. The molecular formula is C20H20F3N7O.